The molecule has 0 N–H and O–H groups in total. The molecule has 0 saturated carbocycles. The largest absolute Gasteiger partial charge is 0.465 e. The molecule has 0 spiro atoms. The molecule has 0 radical (unpaired) electrons. The van der Waals surface area contributed by atoms with E-state index >= 15 is 0 Å². The minimum absolute atomic E-state index is 1.05. The highest BCUT2D eigenvalue weighted by molar-refractivity contribution is 8.05. The molecule has 0 unspecified atom stereocenters. The first kappa shape index (κ1) is 6.35. The summed E-state index contributed by atoms with van der Waals surface area (Å²) in [5.74, 6) is 2.27. The second-order valence-corrected chi connectivity index (χ2v) is 3.61. The molecule has 1 aliphatic heterocycles. The van der Waals surface area contributed by atoms with Crippen molar-refractivity contribution in [3.63, 3.8) is 0 Å². The third-order valence-electron chi connectivity index (χ3n) is 1.77. The van der Waals surface area contributed by atoms with Crippen molar-refractivity contribution in [1.82, 2.24) is 0 Å². The summed E-state index contributed by atoms with van der Waals surface area (Å²) < 4.78 is 5.53. The molecule has 0 bridgehead atoms. The maximum Gasteiger partial charge on any atom is 0.113 e. The van der Waals surface area contributed by atoms with Gasteiger partial charge in [-0.3, -0.25) is 0 Å². The maximum absolute atomic E-state index is 5.53. The normalized spacial score (nSPS) is 23.9. The number of allylic oxidation sites excluding steroid dienone is 3. The van der Waals surface area contributed by atoms with E-state index in [1.165, 1.54) is 23.5 Å². The Labute approximate surface area is 65.1 Å². The Kier molecular flexibility index (Phi) is 1.49. The summed E-state index contributed by atoms with van der Waals surface area (Å²) in [6, 6.07) is 0. The lowest BCUT2D eigenvalue weighted by atomic mass is 10.4. The van der Waals surface area contributed by atoms with Crippen molar-refractivity contribution in [2.24, 2.45) is 0 Å². The van der Waals surface area contributed by atoms with Gasteiger partial charge in [0.05, 0.1) is 0 Å². The Hall–Kier alpha value is -0.370. The summed E-state index contributed by atoms with van der Waals surface area (Å²) in [6.45, 7) is 2.01. The van der Waals surface area contributed by atoms with E-state index in [9.17, 15) is 0 Å². The van der Waals surface area contributed by atoms with E-state index in [1.807, 2.05) is 18.7 Å². The van der Waals surface area contributed by atoms with E-state index < -0.39 is 0 Å². The first-order chi connectivity index (χ1) is 4.86. The van der Waals surface area contributed by atoms with E-state index in [2.05, 4.69) is 5.41 Å². The Balaban J connectivity index is 2.18. The SMILES string of the molecule is CC1=CSC2=C(CCC2)O1. The smallest absolute Gasteiger partial charge is 0.113 e. The van der Waals surface area contributed by atoms with Crippen LogP contribution in [0.25, 0.3) is 0 Å². The van der Waals surface area contributed by atoms with Crippen LogP contribution in [0.3, 0.4) is 0 Å². The van der Waals surface area contributed by atoms with Gasteiger partial charge in [0.15, 0.2) is 0 Å². The molecule has 1 nitrogen and oxygen atoms in total. The minimum atomic E-state index is 1.05. The quantitative estimate of drug-likeness (QED) is 0.530. The van der Waals surface area contributed by atoms with Gasteiger partial charge in [-0.05, 0) is 19.8 Å². The van der Waals surface area contributed by atoms with Gasteiger partial charge in [0, 0.05) is 16.7 Å². The van der Waals surface area contributed by atoms with E-state index in [0.717, 1.165) is 12.2 Å². The van der Waals surface area contributed by atoms with Crippen LogP contribution in [0.5, 0.6) is 0 Å². The molecule has 0 saturated heterocycles. The highest BCUT2D eigenvalue weighted by Gasteiger charge is 2.19. The van der Waals surface area contributed by atoms with E-state index in [-0.39, 0.29) is 0 Å². The molecule has 2 aliphatic rings. The molecule has 0 aromatic carbocycles. The van der Waals surface area contributed by atoms with Crippen molar-refractivity contribution >= 4 is 11.8 Å². The molecule has 0 amide bonds. The van der Waals surface area contributed by atoms with Crippen molar-refractivity contribution in [3.8, 4) is 0 Å². The molecule has 10 heavy (non-hydrogen) atoms. The Bertz CT molecular complexity index is 215. The molecular weight excluding hydrogens is 144 g/mol. The van der Waals surface area contributed by atoms with Crippen LogP contribution in [0.4, 0.5) is 0 Å². The van der Waals surface area contributed by atoms with Crippen LogP contribution in [0, 0.1) is 0 Å². The monoisotopic (exact) mass is 154 g/mol. The summed E-state index contributed by atoms with van der Waals surface area (Å²) >= 11 is 1.83. The lowest BCUT2D eigenvalue weighted by Crippen LogP contribution is -1.91. The molecule has 0 fully saturated rings. The van der Waals surface area contributed by atoms with Gasteiger partial charge in [0.25, 0.3) is 0 Å². The first-order valence-corrected chi connectivity index (χ1v) is 4.47. The van der Waals surface area contributed by atoms with E-state index in [4.69, 9.17) is 4.74 Å². The molecule has 0 aromatic rings. The predicted octanol–water partition coefficient (Wildman–Crippen LogP) is 3.01. The number of hydrogen-bond acceptors (Lipinski definition) is 2. The van der Waals surface area contributed by atoms with Gasteiger partial charge in [0.2, 0.25) is 0 Å². The third-order valence-corrected chi connectivity index (χ3v) is 2.94. The Morgan fingerprint density at radius 3 is 3.30 bits per heavy atom. The van der Waals surface area contributed by atoms with Gasteiger partial charge in [0.1, 0.15) is 11.5 Å². The van der Waals surface area contributed by atoms with Crippen LogP contribution in [-0.2, 0) is 4.74 Å². The van der Waals surface area contributed by atoms with Crippen LogP contribution in [0.15, 0.2) is 21.8 Å². The number of thioether (sulfide) groups is 1. The molecule has 0 atom stereocenters. The third kappa shape index (κ3) is 0.966. The van der Waals surface area contributed by atoms with Crippen LogP contribution in [0.2, 0.25) is 0 Å². The van der Waals surface area contributed by atoms with Gasteiger partial charge in [-0.15, -0.1) is 0 Å². The summed E-state index contributed by atoms with van der Waals surface area (Å²) in [7, 11) is 0. The fraction of sp³-hybridized carbons (Fsp3) is 0.500. The lowest BCUT2D eigenvalue weighted by Gasteiger charge is -2.12. The molecule has 0 aromatic heterocycles. The number of rotatable bonds is 0. The number of ether oxygens (including phenoxy) is 1. The second-order valence-electron chi connectivity index (χ2n) is 2.65. The van der Waals surface area contributed by atoms with Crippen molar-refractivity contribution < 1.29 is 4.74 Å². The van der Waals surface area contributed by atoms with Gasteiger partial charge in [-0.2, -0.15) is 0 Å². The summed E-state index contributed by atoms with van der Waals surface area (Å²) in [5.41, 5.74) is 0. The van der Waals surface area contributed by atoms with Gasteiger partial charge >= 0.3 is 0 Å². The van der Waals surface area contributed by atoms with Crippen molar-refractivity contribution in [3.05, 3.63) is 21.8 Å². The summed E-state index contributed by atoms with van der Waals surface area (Å²) in [4.78, 5) is 1.45. The minimum Gasteiger partial charge on any atom is -0.465 e. The molecule has 54 valence electrons. The molecule has 2 heteroatoms. The van der Waals surface area contributed by atoms with Crippen LogP contribution in [0.1, 0.15) is 26.2 Å². The zero-order valence-electron chi connectivity index (χ0n) is 6.02. The highest BCUT2D eigenvalue weighted by atomic mass is 32.2. The zero-order valence-corrected chi connectivity index (χ0v) is 6.83. The summed E-state index contributed by atoms with van der Waals surface area (Å²) in [6.07, 6.45) is 3.65. The number of hydrogen-bond donors (Lipinski definition) is 0. The van der Waals surface area contributed by atoms with Gasteiger partial charge in [-0.25, -0.2) is 0 Å². The average Bonchev–Trinajstić information content (AvgIpc) is 2.33. The predicted molar refractivity (Wildman–Crippen MR) is 43.3 cm³/mol. The molecule has 2 rings (SSSR count). The topological polar surface area (TPSA) is 9.23 Å². The highest BCUT2D eigenvalue weighted by Crippen LogP contribution is 2.40. The van der Waals surface area contributed by atoms with E-state index in [1.54, 1.807) is 0 Å². The van der Waals surface area contributed by atoms with Crippen LogP contribution in [-0.4, -0.2) is 0 Å². The van der Waals surface area contributed by atoms with Crippen LogP contribution < -0.4 is 0 Å². The molecule has 1 heterocycles. The lowest BCUT2D eigenvalue weighted by molar-refractivity contribution is 0.297. The standard InChI is InChI=1S/C8H10OS/c1-6-5-10-8-4-2-3-7(8)9-6/h5H,2-4H2,1H3. The fourth-order valence-corrected chi connectivity index (χ4v) is 2.19. The zero-order chi connectivity index (χ0) is 6.97. The Morgan fingerprint density at radius 1 is 1.50 bits per heavy atom. The second kappa shape index (κ2) is 2.35. The summed E-state index contributed by atoms with van der Waals surface area (Å²) in [5, 5.41) is 2.09. The van der Waals surface area contributed by atoms with Gasteiger partial charge in [-0.1, -0.05) is 11.8 Å². The average molecular weight is 154 g/mol. The Morgan fingerprint density at radius 2 is 2.40 bits per heavy atom. The molecule has 1 aliphatic carbocycles. The van der Waals surface area contributed by atoms with Crippen molar-refractivity contribution in [2.45, 2.75) is 26.2 Å². The van der Waals surface area contributed by atoms with Crippen molar-refractivity contribution in [1.29, 1.82) is 0 Å². The van der Waals surface area contributed by atoms with Crippen LogP contribution >= 0.6 is 11.8 Å². The first-order valence-electron chi connectivity index (χ1n) is 3.59. The van der Waals surface area contributed by atoms with E-state index in [0.29, 0.717) is 0 Å². The maximum atomic E-state index is 5.53. The van der Waals surface area contributed by atoms with Crippen molar-refractivity contribution in [2.75, 3.05) is 0 Å². The molecular formula is C8H10OS. The van der Waals surface area contributed by atoms with Gasteiger partial charge < -0.3 is 4.74 Å². The fourth-order valence-electron chi connectivity index (χ4n) is 1.29.